The summed E-state index contributed by atoms with van der Waals surface area (Å²) < 4.78 is 1.16. The fourth-order valence-corrected chi connectivity index (χ4v) is 3.47. The van der Waals surface area contributed by atoms with Crippen LogP contribution in [0.15, 0.2) is 59.1 Å². The van der Waals surface area contributed by atoms with E-state index in [1.165, 1.54) is 33.0 Å². The number of hydrogen-bond donors (Lipinski definition) is 0. The van der Waals surface area contributed by atoms with Crippen molar-refractivity contribution in [1.82, 2.24) is 0 Å². The molecule has 0 N–H and O–H groups in total. The van der Waals surface area contributed by atoms with Crippen molar-refractivity contribution in [1.29, 1.82) is 0 Å². The van der Waals surface area contributed by atoms with Gasteiger partial charge in [0.25, 0.3) is 0 Å². The van der Waals surface area contributed by atoms with E-state index >= 15 is 0 Å². The maximum atomic E-state index is 3.61. The van der Waals surface area contributed by atoms with Crippen molar-refractivity contribution < 1.29 is 0 Å². The van der Waals surface area contributed by atoms with Crippen molar-refractivity contribution in [3.05, 3.63) is 70.2 Å². The minimum Gasteiger partial charge on any atom is -0.0616 e. The molecule has 1 heteroatoms. The van der Waals surface area contributed by atoms with E-state index in [1.54, 1.807) is 0 Å². The number of hydrogen-bond acceptors (Lipinski definition) is 0. The lowest BCUT2D eigenvalue weighted by Crippen LogP contribution is -2.04. The fraction of sp³-hybridized carbons (Fsp3) is 0.111. The van der Waals surface area contributed by atoms with Gasteiger partial charge in [0.15, 0.2) is 0 Å². The van der Waals surface area contributed by atoms with Crippen LogP contribution in [0.2, 0.25) is 0 Å². The first kappa shape index (κ1) is 11.2. The molecule has 1 aliphatic carbocycles. The highest BCUT2D eigenvalue weighted by Crippen LogP contribution is 2.39. The Kier molecular flexibility index (Phi) is 2.49. The van der Waals surface area contributed by atoms with E-state index < -0.39 is 0 Å². The number of halogens is 1. The molecule has 0 amide bonds. The van der Waals surface area contributed by atoms with E-state index in [0.29, 0.717) is 0 Å². The smallest absolute Gasteiger partial charge is 0.0181 e. The van der Waals surface area contributed by atoms with Crippen LogP contribution in [0.25, 0.3) is 21.9 Å². The Morgan fingerprint density at radius 2 is 1.58 bits per heavy atom. The van der Waals surface area contributed by atoms with E-state index in [9.17, 15) is 0 Å². The predicted molar refractivity (Wildman–Crippen MR) is 84.5 cm³/mol. The van der Waals surface area contributed by atoms with Crippen LogP contribution < -0.4 is 0 Å². The quantitative estimate of drug-likeness (QED) is 0.524. The second-order valence-electron chi connectivity index (χ2n) is 5.12. The molecule has 0 atom stereocenters. The summed E-state index contributed by atoms with van der Waals surface area (Å²) >= 11 is 3.61. The van der Waals surface area contributed by atoms with E-state index in [-0.39, 0.29) is 0 Å². The highest BCUT2D eigenvalue weighted by Gasteiger charge is 2.18. The first-order chi connectivity index (χ1) is 9.33. The van der Waals surface area contributed by atoms with Crippen molar-refractivity contribution >= 4 is 26.7 Å². The molecule has 3 aromatic carbocycles. The van der Waals surface area contributed by atoms with Crippen LogP contribution in [0.1, 0.15) is 11.1 Å². The molecule has 0 fully saturated rings. The van der Waals surface area contributed by atoms with Gasteiger partial charge in [0.2, 0.25) is 0 Å². The predicted octanol–water partition coefficient (Wildman–Crippen LogP) is 5.37. The van der Waals surface area contributed by atoms with Gasteiger partial charge in [0, 0.05) is 4.47 Å². The van der Waals surface area contributed by atoms with Gasteiger partial charge in [-0.3, -0.25) is 0 Å². The molecule has 1 aliphatic rings. The second-order valence-corrected chi connectivity index (χ2v) is 6.04. The zero-order valence-corrected chi connectivity index (χ0v) is 12.1. The van der Waals surface area contributed by atoms with Gasteiger partial charge in [0.05, 0.1) is 0 Å². The van der Waals surface area contributed by atoms with Gasteiger partial charge >= 0.3 is 0 Å². The number of rotatable bonds is 0. The fourth-order valence-electron chi connectivity index (χ4n) is 3.11. The van der Waals surface area contributed by atoms with E-state index in [0.717, 1.165) is 17.3 Å². The third kappa shape index (κ3) is 1.73. The van der Waals surface area contributed by atoms with Gasteiger partial charge in [0.1, 0.15) is 0 Å². The monoisotopic (exact) mass is 308 g/mol. The zero-order chi connectivity index (χ0) is 12.8. The molecule has 92 valence electrons. The summed E-state index contributed by atoms with van der Waals surface area (Å²) in [6, 6.07) is 19.9. The van der Waals surface area contributed by atoms with Gasteiger partial charge in [-0.1, -0.05) is 58.4 Å². The zero-order valence-electron chi connectivity index (χ0n) is 10.5. The van der Waals surface area contributed by atoms with Crippen LogP contribution in [0.5, 0.6) is 0 Å². The van der Waals surface area contributed by atoms with Crippen LogP contribution >= 0.6 is 15.9 Å². The van der Waals surface area contributed by atoms with Gasteiger partial charge in [-0.25, -0.2) is 0 Å². The maximum absolute atomic E-state index is 3.61. The molecule has 0 bridgehead atoms. The SMILES string of the molecule is Brc1ccc2c(c1)-c1c(ccc3ccccc13)CC2. The van der Waals surface area contributed by atoms with Gasteiger partial charge in [-0.05, 0) is 58.0 Å². The topological polar surface area (TPSA) is 0 Å². The highest BCUT2D eigenvalue weighted by molar-refractivity contribution is 9.10. The van der Waals surface area contributed by atoms with Crippen molar-refractivity contribution in [2.75, 3.05) is 0 Å². The standard InChI is InChI=1S/C18H13Br/c19-15-10-9-13-6-8-14-7-5-12-3-1-2-4-16(12)18(14)17(13)11-15/h1-5,7,9-11H,6,8H2. The van der Waals surface area contributed by atoms with E-state index in [1.807, 2.05) is 0 Å². The Bertz CT molecular complexity index is 787. The highest BCUT2D eigenvalue weighted by atomic mass is 79.9. The summed E-state index contributed by atoms with van der Waals surface area (Å²) in [4.78, 5) is 0. The van der Waals surface area contributed by atoms with Crippen LogP contribution in [0.3, 0.4) is 0 Å². The molecule has 0 unspecified atom stereocenters. The molecule has 4 rings (SSSR count). The molecule has 0 spiro atoms. The molecule has 19 heavy (non-hydrogen) atoms. The van der Waals surface area contributed by atoms with Crippen molar-refractivity contribution in [2.45, 2.75) is 12.8 Å². The minimum absolute atomic E-state index is 1.15. The number of fused-ring (bicyclic) bond motifs is 5. The molecule has 0 aromatic heterocycles. The maximum Gasteiger partial charge on any atom is 0.0181 e. The Morgan fingerprint density at radius 1 is 0.789 bits per heavy atom. The summed E-state index contributed by atoms with van der Waals surface area (Å²) in [7, 11) is 0. The molecular weight excluding hydrogens is 296 g/mol. The van der Waals surface area contributed by atoms with Crippen LogP contribution in [-0.2, 0) is 12.8 Å². The third-order valence-corrected chi connectivity index (χ3v) is 4.51. The molecule has 0 saturated heterocycles. The third-order valence-electron chi connectivity index (χ3n) is 4.02. The Morgan fingerprint density at radius 3 is 2.53 bits per heavy atom. The summed E-state index contributed by atoms with van der Waals surface area (Å²) in [5, 5.41) is 2.70. The summed E-state index contributed by atoms with van der Waals surface area (Å²) in [6.45, 7) is 0. The largest absolute Gasteiger partial charge is 0.0616 e. The lowest BCUT2D eigenvalue weighted by Gasteiger charge is -2.22. The van der Waals surface area contributed by atoms with Crippen LogP contribution in [0.4, 0.5) is 0 Å². The van der Waals surface area contributed by atoms with Crippen molar-refractivity contribution in [2.24, 2.45) is 0 Å². The Labute approximate surface area is 121 Å². The summed E-state index contributed by atoms with van der Waals surface area (Å²) in [5.41, 5.74) is 5.77. The molecular formula is C18H13Br. The average Bonchev–Trinajstić information content (AvgIpc) is 2.46. The molecule has 0 heterocycles. The molecule has 3 aromatic rings. The second kappa shape index (κ2) is 4.21. The number of aryl methyl sites for hydroxylation is 2. The van der Waals surface area contributed by atoms with Gasteiger partial charge in [-0.2, -0.15) is 0 Å². The first-order valence-corrected chi connectivity index (χ1v) is 7.42. The number of benzene rings is 3. The Balaban J connectivity index is 2.14. The normalized spacial score (nSPS) is 13.1. The van der Waals surface area contributed by atoms with Gasteiger partial charge < -0.3 is 0 Å². The lowest BCUT2D eigenvalue weighted by molar-refractivity contribution is 0.944. The average molecular weight is 309 g/mol. The lowest BCUT2D eigenvalue weighted by atomic mass is 9.83. The molecule has 0 nitrogen and oxygen atoms in total. The van der Waals surface area contributed by atoms with Crippen LogP contribution in [0, 0.1) is 0 Å². The van der Waals surface area contributed by atoms with Crippen molar-refractivity contribution in [3.63, 3.8) is 0 Å². The molecule has 0 aliphatic heterocycles. The summed E-state index contributed by atoms with van der Waals surface area (Å²) in [6.07, 6.45) is 2.29. The van der Waals surface area contributed by atoms with E-state index in [4.69, 9.17) is 0 Å². The first-order valence-electron chi connectivity index (χ1n) is 6.62. The van der Waals surface area contributed by atoms with Crippen LogP contribution in [-0.4, -0.2) is 0 Å². The Hall–Kier alpha value is -1.60. The summed E-state index contributed by atoms with van der Waals surface area (Å²) in [5.74, 6) is 0. The van der Waals surface area contributed by atoms with Crippen molar-refractivity contribution in [3.8, 4) is 11.1 Å². The molecule has 0 saturated carbocycles. The molecule has 0 radical (unpaired) electrons. The van der Waals surface area contributed by atoms with Gasteiger partial charge in [-0.15, -0.1) is 0 Å². The van der Waals surface area contributed by atoms with E-state index in [2.05, 4.69) is 70.5 Å². The minimum atomic E-state index is 1.15.